The Morgan fingerprint density at radius 2 is 1.49 bits per heavy atom. The third-order valence-electron chi connectivity index (χ3n) is 6.80. The summed E-state index contributed by atoms with van der Waals surface area (Å²) in [5, 5.41) is 2.69. The zero-order valence-corrected chi connectivity index (χ0v) is 26.4. The summed E-state index contributed by atoms with van der Waals surface area (Å²) in [5.74, 6) is -0.585. The largest absolute Gasteiger partial charge is 0.492 e. The predicted molar refractivity (Wildman–Crippen MR) is 171 cm³/mol. The van der Waals surface area contributed by atoms with E-state index in [2.05, 4.69) is 21.2 Å². The Bertz CT molecular complexity index is 1630. The van der Waals surface area contributed by atoms with Crippen LogP contribution in [0.1, 0.15) is 18.1 Å². The number of rotatable bonds is 13. The SMILES string of the molecule is CCOc1ccccc1N(CC(=O)N(Cc1cccc(Br)c1)[C@@H](Cc1ccccc1)C(=O)NC)S(=O)(=O)c1ccccc1. The zero-order chi connectivity index (χ0) is 30.8. The Morgan fingerprint density at radius 3 is 2.14 bits per heavy atom. The third-order valence-corrected chi connectivity index (χ3v) is 9.07. The summed E-state index contributed by atoms with van der Waals surface area (Å²) in [4.78, 5) is 29.2. The van der Waals surface area contributed by atoms with Crippen LogP contribution in [0.2, 0.25) is 0 Å². The Kier molecular flexibility index (Phi) is 11.0. The lowest BCUT2D eigenvalue weighted by molar-refractivity contribution is -0.139. The lowest BCUT2D eigenvalue weighted by Crippen LogP contribution is -2.53. The highest BCUT2D eigenvalue weighted by Crippen LogP contribution is 2.33. The molecular weight excluding hydrogens is 630 g/mol. The minimum Gasteiger partial charge on any atom is -0.492 e. The van der Waals surface area contributed by atoms with Gasteiger partial charge in [0.1, 0.15) is 18.3 Å². The number of anilines is 1. The summed E-state index contributed by atoms with van der Waals surface area (Å²) in [6, 6.07) is 30.6. The number of likely N-dealkylation sites (N-methyl/N-ethyl adjacent to an activating group) is 1. The molecule has 1 N–H and O–H groups in total. The number of sulfonamides is 1. The van der Waals surface area contributed by atoms with Crippen molar-refractivity contribution in [3.05, 3.63) is 125 Å². The van der Waals surface area contributed by atoms with Crippen molar-refractivity contribution in [2.45, 2.75) is 30.8 Å². The molecule has 10 heteroatoms. The molecule has 0 fully saturated rings. The van der Waals surface area contributed by atoms with Gasteiger partial charge in [-0.15, -0.1) is 0 Å². The van der Waals surface area contributed by atoms with E-state index in [0.29, 0.717) is 12.4 Å². The van der Waals surface area contributed by atoms with Gasteiger partial charge in [-0.25, -0.2) is 8.42 Å². The maximum absolute atomic E-state index is 14.4. The van der Waals surface area contributed by atoms with Crippen molar-refractivity contribution < 1.29 is 22.7 Å². The Labute approximate surface area is 261 Å². The maximum Gasteiger partial charge on any atom is 0.264 e. The molecule has 4 aromatic carbocycles. The van der Waals surface area contributed by atoms with Crippen LogP contribution in [0.4, 0.5) is 5.69 Å². The highest BCUT2D eigenvalue weighted by molar-refractivity contribution is 9.10. The molecule has 0 aliphatic carbocycles. The van der Waals surface area contributed by atoms with E-state index in [0.717, 1.165) is 19.9 Å². The molecule has 0 unspecified atom stereocenters. The lowest BCUT2D eigenvalue weighted by atomic mass is 10.0. The van der Waals surface area contributed by atoms with Gasteiger partial charge in [0.2, 0.25) is 11.8 Å². The van der Waals surface area contributed by atoms with Crippen LogP contribution < -0.4 is 14.4 Å². The number of hydrogen-bond donors (Lipinski definition) is 1. The highest BCUT2D eigenvalue weighted by atomic mass is 79.9. The number of benzene rings is 4. The highest BCUT2D eigenvalue weighted by Gasteiger charge is 2.35. The standard InChI is InChI=1S/C33H34BrN3O5S/c1-3-42-31-20-11-10-19-29(31)37(43(40,41)28-17-8-5-9-18-28)24-32(38)36(23-26-15-12-16-27(34)21-26)30(33(39)35-2)22-25-13-6-4-7-14-25/h4-21,30H,3,22-24H2,1-2H3,(H,35,39)/t30-/m0/s1. The fourth-order valence-electron chi connectivity index (χ4n) is 4.73. The number of halogens is 1. The van der Waals surface area contributed by atoms with Gasteiger partial charge in [-0.05, 0) is 54.4 Å². The summed E-state index contributed by atoms with van der Waals surface area (Å²) < 4.78 is 35.9. The molecule has 43 heavy (non-hydrogen) atoms. The molecule has 2 amide bonds. The topological polar surface area (TPSA) is 96.0 Å². The third kappa shape index (κ3) is 8.03. The molecule has 224 valence electrons. The van der Waals surface area contributed by atoms with E-state index >= 15 is 0 Å². The van der Waals surface area contributed by atoms with Gasteiger partial charge in [0, 0.05) is 24.5 Å². The van der Waals surface area contributed by atoms with Crippen molar-refractivity contribution in [1.29, 1.82) is 0 Å². The number of amides is 2. The first kappa shape index (κ1) is 31.8. The molecule has 0 heterocycles. The Balaban J connectivity index is 1.82. The molecule has 4 aromatic rings. The zero-order valence-electron chi connectivity index (χ0n) is 24.0. The van der Waals surface area contributed by atoms with Gasteiger partial charge in [-0.3, -0.25) is 13.9 Å². The fraction of sp³-hybridized carbons (Fsp3) is 0.212. The van der Waals surface area contributed by atoms with Crippen molar-refractivity contribution >= 4 is 43.5 Å². The first-order chi connectivity index (χ1) is 20.7. The first-order valence-corrected chi connectivity index (χ1v) is 16.1. The van der Waals surface area contributed by atoms with E-state index in [1.165, 1.54) is 24.1 Å². The molecule has 0 saturated carbocycles. The van der Waals surface area contributed by atoms with Crippen LogP contribution >= 0.6 is 15.9 Å². The van der Waals surface area contributed by atoms with Crippen LogP contribution in [0.15, 0.2) is 119 Å². The number of nitrogens with one attached hydrogen (secondary N) is 1. The molecule has 0 radical (unpaired) electrons. The molecule has 8 nitrogen and oxygen atoms in total. The number of para-hydroxylation sites is 2. The minimum absolute atomic E-state index is 0.0276. The van der Waals surface area contributed by atoms with Crippen molar-refractivity contribution in [2.75, 3.05) is 24.5 Å². The molecule has 0 aliphatic heterocycles. The molecule has 0 aliphatic rings. The van der Waals surface area contributed by atoms with E-state index < -0.39 is 28.5 Å². The predicted octanol–water partition coefficient (Wildman–Crippen LogP) is 5.43. The van der Waals surface area contributed by atoms with Crippen molar-refractivity contribution in [3.63, 3.8) is 0 Å². The van der Waals surface area contributed by atoms with Crippen LogP contribution in [0.5, 0.6) is 5.75 Å². The van der Waals surface area contributed by atoms with Gasteiger partial charge >= 0.3 is 0 Å². The molecule has 1 atom stereocenters. The smallest absolute Gasteiger partial charge is 0.264 e. The number of ether oxygens (including phenoxy) is 1. The van der Waals surface area contributed by atoms with Gasteiger partial charge in [0.25, 0.3) is 10.0 Å². The fourth-order valence-corrected chi connectivity index (χ4v) is 6.62. The molecule has 0 bridgehead atoms. The summed E-state index contributed by atoms with van der Waals surface area (Å²) in [6.45, 7) is 1.62. The first-order valence-electron chi connectivity index (χ1n) is 13.8. The number of carbonyl (C=O) groups excluding carboxylic acids is 2. The maximum atomic E-state index is 14.4. The van der Waals surface area contributed by atoms with Crippen molar-refractivity contribution in [1.82, 2.24) is 10.2 Å². The number of nitrogens with zero attached hydrogens (tertiary/aromatic N) is 2. The van der Waals surface area contributed by atoms with E-state index in [1.54, 1.807) is 49.4 Å². The lowest BCUT2D eigenvalue weighted by Gasteiger charge is -2.34. The van der Waals surface area contributed by atoms with Gasteiger partial charge in [0.15, 0.2) is 0 Å². The Morgan fingerprint density at radius 1 is 0.860 bits per heavy atom. The van der Waals surface area contributed by atoms with Gasteiger partial charge in [0.05, 0.1) is 17.2 Å². The molecule has 0 spiro atoms. The van der Waals surface area contributed by atoms with Crippen LogP contribution in [-0.2, 0) is 32.6 Å². The monoisotopic (exact) mass is 663 g/mol. The Hall–Kier alpha value is -4.15. The van der Waals surface area contributed by atoms with Crippen LogP contribution in [0.25, 0.3) is 0 Å². The summed E-state index contributed by atoms with van der Waals surface area (Å²) in [6.07, 6.45) is 0.237. The van der Waals surface area contributed by atoms with Gasteiger partial charge < -0.3 is 15.0 Å². The molecular formula is C33H34BrN3O5S. The van der Waals surface area contributed by atoms with Gasteiger partial charge in [-0.2, -0.15) is 0 Å². The van der Waals surface area contributed by atoms with Crippen molar-refractivity contribution in [3.8, 4) is 5.75 Å². The minimum atomic E-state index is -4.22. The second-order valence-electron chi connectivity index (χ2n) is 9.70. The van der Waals surface area contributed by atoms with E-state index in [-0.39, 0.29) is 29.5 Å². The average Bonchev–Trinajstić information content (AvgIpc) is 3.02. The normalized spacial score (nSPS) is 11.8. The van der Waals surface area contributed by atoms with E-state index in [1.807, 2.05) is 54.6 Å². The van der Waals surface area contributed by atoms with Crippen LogP contribution in [0, 0.1) is 0 Å². The van der Waals surface area contributed by atoms with E-state index in [4.69, 9.17) is 4.74 Å². The van der Waals surface area contributed by atoms with Crippen LogP contribution in [0.3, 0.4) is 0 Å². The summed E-state index contributed by atoms with van der Waals surface area (Å²) in [7, 11) is -2.70. The number of carbonyl (C=O) groups is 2. The molecule has 0 saturated heterocycles. The molecule has 4 rings (SSSR count). The van der Waals surface area contributed by atoms with E-state index in [9.17, 15) is 18.0 Å². The second kappa shape index (κ2) is 14.8. The number of hydrogen-bond acceptors (Lipinski definition) is 5. The molecule has 0 aromatic heterocycles. The van der Waals surface area contributed by atoms with Crippen molar-refractivity contribution in [2.24, 2.45) is 0 Å². The average molecular weight is 665 g/mol. The summed E-state index contributed by atoms with van der Waals surface area (Å²) in [5.41, 5.74) is 1.86. The summed E-state index contributed by atoms with van der Waals surface area (Å²) >= 11 is 3.48. The quantitative estimate of drug-likeness (QED) is 0.206. The van der Waals surface area contributed by atoms with Gasteiger partial charge in [-0.1, -0.05) is 88.7 Å². The second-order valence-corrected chi connectivity index (χ2v) is 12.5. The van der Waals surface area contributed by atoms with Crippen LogP contribution in [-0.4, -0.2) is 51.4 Å².